The van der Waals surface area contributed by atoms with Crippen LogP contribution in [-0.4, -0.2) is 52.3 Å². The Bertz CT molecular complexity index is 492. The first kappa shape index (κ1) is 16.5. The highest BCUT2D eigenvalue weighted by Crippen LogP contribution is 2.19. The number of fused-ring (bicyclic) bond motifs is 1. The number of rotatable bonds is 2. The number of hydrogen-bond donors (Lipinski definition) is 1. The smallest absolute Gasteiger partial charge is 0.193 e. The van der Waals surface area contributed by atoms with E-state index < -0.39 is 0 Å². The standard InChI is InChI=1S/C14H24N6.HI/c1-11-17-18-13-6-5-12(10-20(11)13)9-16-14(15-2)19-7-3-4-8-19;/h12H,3-10H2,1-2H3,(H,15,16);1H. The number of guanidine groups is 1. The second kappa shape index (κ2) is 7.42. The normalized spacial score (nSPS) is 21.9. The van der Waals surface area contributed by atoms with Crippen molar-refractivity contribution in [1.82, 2.24) is 25.0 Å². The van der Waals surface area contributed by atoms with E-state index in [-0.39, 0.29) is 24.0 Å². The first-order chi connectivity index (χ1) is 9.78. The van der Waals surface area contributed by atoms with Crippen LogP contribution in [0, 0.1) is 12.8 Å². The van der Waals surface area contributed by atoms with Gasteiger partial charge in [-0.1, -0.05) is 0 Å². The number of aryl methyl sites for hydroxylation is 2. The number of nitrogens with zero attached hydrogens (tertiary/aromatic N) is 5. The Morgan fingerprint density at radius 1 is 1.33 bits per heavy atom. The highest BCUT2D eigenvalue weighted by Gasteiger charge is 2.22. The van der Waals surface area contributed by atoms with Gasteiger partial charge in [0.2, 0.25) is 0 Å². The Labute approximate surface area is 143 Å². The summed E-state index contributed by atoms with van der Waals surface area (Å²) in [5.41, 5.74) is 0. The van der Waals surface area contributed by atoms with Crippen LogP contribution >= 0.6 is 24.0 Å². The Kier molecular flexibility index (Phi) is 5.83. The molecule has 0 aromatic carbocycles. The first-order valence-corrected chi connectivity index (χ1v) is 7.62. The third kappa shape index (κ3) is 3.67. The van der Waals surface area contributed by atoms with Crippen molar-refractivity contribution in [3.63, 3.8) is 0 Å². The maximum absolute atomic E-state index is 4.41. The van der Waals surface area contributed by atoms with E-state index in [0.29, 0.717) is 5.92 Å². The van der Waals surface area contributed by atoms with Crippen molar-refractivity contribution in [2.45, 2.75) is 39.2 Å². The summed E-state index contributed by atoms with van der Waals surface area (Å²) < 4.78 is 2.26. The van der Waals surface area contributed by atoms with Crippen LogP contribution in [0.15, 0.2) is 4.99 Å². The molecule has 0 saturated carbocycles. The van der Waals surface area contributed by atoms with E-state index in [4.69, 9.17) is 0 Å². The maximum atomic E-state index is 4.41. The molecule has 1 atom stereocenters. The van der Waals surface area contributed by atoms with Crippen molar-refractivity contribution >= 4 is 29.9 Å². The van der Waals surface area contributed by atoms with Crippen LogP contribution in [0.2, 0.25) is 0 Å². The molecule has 1 unspecified atom stereocenters. The lowest BCUT2D eigenvalue weighted by molar-refractivity contribution is 0.353. The monoisotopic (exact) mass is 404 g/mol. The van der Waals surface area contributed by atoms with E-state index in [1.165, 1.54) is 19.3 Å². The second-order valence-electron chi connectivity index (χ2n) is 5.80. The number of nitrogens with one attached hydrogen (secondary N) is 1. The summed E-state index contributed by atoms with van der Waals surface area (Å²) in [5.74, 6) is 3.88. The van der Waals surface area contributed by atoms with Gasteiger partial charge >= 0.3 is 0 Å². The highest BCUT2D eigenvalue weighted by atomic mass is 127. The third-order valence-corrected chi connectivity index (χ3v) is 4.40. The van der Waals surface area contributed by atoms with Gasteiger partial charge < -0.3 is 14.8 Å². The number of halogens is 1. The van der Waals surface area contributed by atoms with Gasteiger partial charge in [-0.25, -0.2) is 0 Å². The molecule has 1 fully saturated rings. The third-order valence-electron chi connectivity index (χ3n) is 4.40. The fourth-order valence-corrected chi connectivity index (χ4v) is 3.19. The van der Waals surface area contributed by atoms with Crippen molar-refractivity contribution in [3.8, 4) is 0 Å². The molecule has 2 aliphatic heterocycles. The summed E-state index contributed by atoms with van der Waals surface area (Å²) in [6.07, 6.45) is 4.79. The second-order valence-corrected chi connectivity index (χ2v) is 5.80. The molecule has 1 aromatic heterocycles. The Hall–Kier alpha value is -0.860. The summed E-state index contributed by atoms with van der Waals surface area (Å²) in [5, 5.41) is 11.9. The largest absolute Gasteiger partial charge is 0.356 e. The maximum Gasteiger partial charge on any atom is 0.193 e. The number of likely N-dealkylation sites (tertiary alicyclic amines) is 1. The molecule has 1 saturated heterocycles. The van der Waals surface area contributed by atoms with Gasteiger partial charge in [0.25, 0.3) is 0 Å². The molecule has 3 heterocycles. The summed E-state index contributed by atoms with van der Waals surface area (Å²) in [7, 11) is 1.88. The van der Waals surface area contributed by atoms with Crippen molar-refractivity contribution in [3.05, 3.63) is 11.6 Å². The van der Waals surface area contributed by atoms with Crippen molar-refractivity contribution in [1.29, 1.82) is 0 Å². The quantitative estimate of drug-likeness (QED) is 0.461. The number of aliphatic imine (C=N–C) groups is 1. The molecular weight excluding hydrogens is 379 g/mol. The summed E-state index contributed by atoms with van der Waals surface area (Å²) >= 11 is 0. The minimum absolute atomic E-state index is 0. The van der Waals surface area contributed by atoms with Crippen molar-refractivity contribution < 1.29 is 0 Å². The molecule has 3 rings (SSSR count). The molecule has 0 aliphatic carbocycles. The average Bonchev–Trinajstić information content (AvgIpc) is 3.11. The highest BCUT2D eigenvalue weighted by molar-refractivity contribution is 14.0. The summed E-state index contributed by atoms with van der Waals surface area (Å²) in [6.45, 7) is 6.33. The van der Waals surface area contributed by atoms with Crippen LogP contribution in [0.25, 0.3) is 0 Å². The molecule has 0 bridgehead atoms. The molecular formula is C14H25IN6. The molecule has 118 valence electrons. The van der Waals surface area contributed by atoms with E-state index in [1.807, 2.05) is 14.0 Å². The van der Waals surface area contributed by atoms with Gasteiger partial charge in [-0.15, -0.1) is 34.2 Å². The van der Waals surface area contributed by atoms with Gasteiger partial charge in [-0.3, -0.25) is 4.99 Å². The molecule has 0 spiro atoms. The summed E-state index contributed by atoms with van der Waals surface area (Å²) in [4.78, 5) is 6.77. The van der Waals surface area contributed by atoms with Gasteiger partial charge in [-0.2, -0.15) is 0 Å². The minimum atomic E-state index is 0. The zero-order valence-corrected chi connectivity index (χ0v) is 15.2. The zero-order chi connectivity index (χ0) is 13.9. The van der Waals surface area contributed by atoms with Gasteiger partial charge in [0, 0.05) is 39.6 Å². The van der Waals surface area contributed by atoms with Crippen LogP contribution < -0.4 is 5.32 Å². The van der Waals surface area contributed by atoms with E-state index in [9.17, 15) is 0 Å². The van der Waals surface area contributed by atoms with Crippen LogP contribution in [0.5, 0.6) is 0 Å². The number of hydrogen-bond acceptors (Lipinski definition) is 3. The van der Waals surface area contributed by atoms with Gasteiger partial charge in [0.1, 0.15) is 11.6 Å². The average molecular weight is 404 g/mol. The molecule has 0 radical (unpaired) electrons. The van der Waals surface area contributed by atoms with Gasteiger partial charge in [-0.05, 0) is 32.1 Å². The van der Waals surface area contributed by atoms with Crippen LogP contribution in [0.1, 0.15) is 30.9 Å². The lowest BCUT2D eigenvalue weighted by atomic mass is 9.99. The summed E-state index contributed by atoms with van der Waals surface area (Å²) in [6, 6.07) is 0. The minimum Gasteiger partial charge on any atom is -0.356 e. The van der Waals surface area contributed by atoms with Crippen molar-refractivity contribution in [2.75, 3.05) is 26.7 Å². The lowest BCUT2D eigenvalue weighted by Crippen LogP contribution is -2.42. The molecule has 6 nitrogen and oxygen atoms in total. The van der Waals surface area contributed by atoms with Crippen LogP contribution in [0.3, 0.4) is 0 Å². The zero-order valence-electron chi connectivity index (χ0n) is 12.9. The molecule has 21 heavy (non-hydrogen) atoms. The molecule has 1 N–H and O–H groups in total. The first-order valence-electron chi connectivity index (χ1n) is 7.62. The predicted molar refractivity (Wildman–Crippen MR) is 94.2 cm³/mol. The van der Waals surface area contributed by atoms with E-state index in [2.05, 4.69) is 30.0 Å². The fourth-order valence-electron chi connectivity index (χ4n) is 3.19. The fraction of sp³-hybridized carbons (Fsp3) is 0.786. The Morgan fingerprint density at radius 2 is 2.10 bits per heavy atom. The number of aromatic nitrogens is 3. The molecule has 7 heteroatoms. The Morgan fingerprint density at radius 3 is 2.81 bits per heavy atom. The van der Waals surface area contributed by atoms with Crippen molar-refractivity contribution in [2.24, 2.45) is 10.9 Å². The van der Waals surface area contributed by atoms with E-state index in [0.717, 1.165) is 50.2 Å². The van der Waals surface area contributed by atoms with E-state index in [1.54, 1.807) is 0 Å². The van der Waals surface area contributed by atoms with Gasteiger partial charge in [0.15, 0.2) is 5.96 Å². The van der Waals surface area contributed by atoms with Crippen LogP contribution in [-0.2, 0) is 13.0 Å². The predicted octanol–water partition coefficient (Wildman–Crippen LogP) is 1.44. The molecule has 0 amide bonds. The lowest BCUT2D eigenvalue weighted by Gasteiger charge is -2.27. The van der Waals surface area contributed by atoms with E-state index >= 15 is 0 Å². The molecule has 2 aliphatic rings. The Balaban J connectivity index is 0.00000161. The topological polar surface area (TPSA) is 58.3 Å². The van der Waals surface area contributed by atoms with Crippen LogP contribution in [0.4, 0.5) is 0 Å². The van der Waals surface area contributed by atoms with Gasteiger partial charge in [0.05, 0.1) is 0 Å². The molecule has 1 aromatic rings. The SMILES string of the molecule is CN=C(NCC1CCc2nnc(C)n2C1)N1CCCC1.I.